The second kappa shape index (κ2) is 9.70. The second-order valence-corrected chi connectivity index (χ2v) is 8.05. The van der Waals surface area contributed by atoms with E-state index in [9.17, 15) is 9.59 Å². The molecule has 1 atom stereocenters. The molecule has 1 amide bonds. The van der Waals surface area contributed by atoms with E-state index in [1.165, 1.54) is 7.11 Å². The van der Waals surface area contributed by atoms with Gasteiger partial charge in [-0.3, -0.25) is 9.59 Å². The van der Waals surface area contributed by atoms with Crippen LogP contribution in [-0.2, 0) is 14.3 Å². The Balaban J connectivity index is 1.85. The van der Waals surface area contributed by atoms with Crippen LogP contribution in [0.1, 0.15) is 24.4 Å². The lowest BCUT2D eigenvalue weighted by Crippen LogP contribution is -2.50. The van der Waals surface area contributed by atoms with Gasteiger partial charge in [-0.25, -0.2) is 0 Å². The molecule has 5 nitrogen and oxygen atoms in total. The zero-order chi connectivity index (χ0) is 21.0. The van der Waals surface area contributed by atoms with Crippen LogP contribution in [-0.4, -0.2) is 43.5 Å². The van der Waals surface area contributed by atoms with Gasteiger partial charge in [-0.1, -0.05) is 46.9 Å². The van der Waals surface area contributed by atoms with Crippen molar-refractivity contribution in [1.82, 2.24) is 4.90 Å². The second-order valence-electron chi connectivity index (χ2n) is 6.77. The summed E-state index contributed by atoms with van der Waals surface area (Å²) in [7, 11) is 1.32. The number of ether oxygens (including phenoxy) is 1. The van der Waals surface area contributed by atoms with Gasteiger partial charge in [0.25, 0.3) is 0 Å². The third-order valence-corrected chi connectivity index (χ3v) is 5.77. The quantitative estimate of drug-likeness (QED) is 0.596. The van der Waals surface area contributed by atoms with E-state index in [4.69, 9.17) is 34.8 Å². The van der Waals surface area contributed by atoms with Crippen molar-refractivity contribution >= 4 is 52.4 Å². The summed E-state index contributed by atoms with van der Waals surface area (Å²) in [6.45, 7) is 1.60. The van der Waals surface area contributed by atoms with Gasteiger partial charge in [0.1, 0.15) is 0 Å². The number of hydrogen-bond donors (Lipinski definition) is 0. The Hall–Kier alpha value is -1.95. The molecule has 0 aliphatic carbocycles. The number of esters is 1. The predicted octanol–water partition coefficient (Wildman–Crippen LogP) is 4.99. The van der Waals surface area contributed by atoms with Crippen molar-refractivity contribution in [2.45, 2.75) is 18.9 Å². The van der Waals surface area contributed by atoms with Gasteiger partial charge in [0.05, 0.1) is 30.3 Å². The van der Waals surface area contributed by atoms with E-state index in [0.29, 0.717) is 34.7 Å². The first-order chi connectivity index (χ1) is 13.9. The molecule has 0 bridgehead atoms. The summed E-state index contributed by atoms with van der Waals surface area (Å²) in [5, 5.41) is 1.77. The topological polar surface area (TPSA) is 49.9 Å². The van der Waals surface area contributed by atoms with Gasteiger partial charge in [0, 0.05) is 36.1 Å². The molecule has 154 valence electrons. The Bertz CT molecular complexity index is 889. The molecule has 2 aromatic rings. The molecule has 1 saturated heterocycles. The maximum absolute atomic E-state index is 12.6. The number of rotatable bonds is 5. The van der Waals surface area contributed by atoms with Crippen molar-refractivity contribution in [3.8, 4) is 0 Å². The number of carbonyl (C=O) groups is 2. The summed E-state index contributed by atoms with van der Waals surface area (Å²) in [4.78, 5) is 28.0. The fourth-order valence-electron chi connectivity index (χ4n) is 3.45. The number of piperazine rings is 1. The van der Waals surface area contributed by atoms with Crippen molar-refractivity contribution < 1.29 is 14.3 Å². The molecule has 0 saturated carbocycles. The van der Waals surface area contributed by atoms with Crippen LogP contribution < -0.4 is 4.90 Å². The Morgan fingerprint density at radius 3 is 2.34 bits per heavy atom. The number of halogens is 3. The fourth-order valence-corrected chi connectivity index (χ4v) is 4.09. The third-order valence-electron chi connectivity index (χ3n) is 4.98. The highest BCUT2D eigenvalue weighted by Crippen LogP contribution is 2.37. The highest BCUT2D eigenvalue weighted by molar-refractivity contribution is 6.36. The molecule has 8 heteroatoms. The monoisotopic (exact) mass is 454 g/mol. The maximum Gasteiger partial charge on any atom is 0.306 e. The molecule has 0 N–H and O–H groups in total. The van der Waals surface area contributed by atoms with Crippen molar-refractivity contribution in [2.24, 2.45) is 0 Å². The van der Waals surface area contributed by atoms with Crippen molar-refractivity contribution in [2.75, 3.05) is 31.6 Å². The van der Waals surface area contributed by atoms with Gasteiger partial charge >= 0.3 is 5.97 Å². The molecule has 1 aliphatic heterocycles. The van der Waals surface area contributed by atoms with E-state index in [1.807, 2.05) is 30.3 Å². The molecule has 3 rings (SSSR count). The summed E-state index contributed by atoms with van der Waals surface area (Å²) >= 11 is 18.6. The van der Waals surface area contributed by atoms with Crippen LogP contribution in [0.5, 0.6) is 0 Å². The molecule has 1 fully saturated rings. The number of nitrogens with zero attached hydrogens (tertiary/aromatic N) is 2. The smallest absolute Gasteiger partial charge is 0.306 e. The molecule has 1 unspecified atom stereocenters. The first kappa shape index (κ1) is 21.8. The van der Waals surface area contributed by atoms with Crippen LogP contribution >= 0.6 is 34.8 Å². The largest absolute Gasteiger partial charge is 0.469 e. The lowest BCUT2D eigenvalue weighted by atomic mass is 10.0. The Labute approximate surface area is 185 Å². The van der Waals surface area contributed by atoms with Crippen LogP contribution in [0.4, 0.5) is 5.69 Å². The summed E-state index contributed by atoms with van der Waals surface area (Å²) in [6, 6.07) is 12.9. The lowest BCUT2D eigenvalue weighted by molar-refractivity contribution is -0.143. The Morgan fingerprint density at radius 2 is 1.69 bits per heavy atom. The van der Waals surface area contributed by atoms with E-state index in [0.717, 1.165) is 11.3 Å². The summed E-state index contributed by atoms with van der Waals surface area (Å²) in [6.07, 6.45) is 0.200. The molecule has 1 heterocycles. The van der Waals surface area contributed by atoms with E-state index < -0.39 is 0 Å². The Morgan fingerprint density at radius 1 is 1.00 bits per heavy atom. The molecule has 29 heavy (non-hydrogen) atoms. The van der Waals surface area contributed by atoms with Crippen LogP contribution in [0.15, 0.2) is 42.5 Å². The van der Waals surface area contributed by atoms with Gasteiger partial charge in [-0.2, -0.15) is 0 Å². The average molecular weight is 456 g/mol. The molecule has 0 spiro atoms. The first-order valence-corrected chi connectivity index (χ1v) is 10.3. The maximum atomic E-state index is 12.6. The van der Waals surface area contributed by atoms with Crippen LogP contribution in [0, 0.1) is 0 Å². The SMILES string of the molecule is COC(=O)CCC(=O)N1CCN(c2ccc(Cl)cc2Cl)C(c2ccc(Cl)cc2)C1. The molecule has 2 aromatic carbocycles. The van der Waals surface area contributed by atoms with Crippen LogP contribution in [0.3, 0.4) is 0 Å². The van der Waals surface area contributed by atoms with Crippen molar-refractivity contribution in [1.29, 1.82) is 0 Å². The lowest BCUT2D eigenvalue weighted by Gasteiger charge is -2.43. The van der Waals surface area contributed by atoms with Gasteiger partial charge in [0.2, 0.25) is 5.91 Å². The van der Waals surface area contributed by atoms with Crippen molar-refractivity contribution in [3.05, 3.63) is 63.1 Å². The number of anilines is 1. The minimum Gasteiger partial charge on any atom is -0.469 e. The van der Waals surface area contributed by atoms with Crippen LogP contribution in [0.2, 0.25) is 15.1 Å². The van der Waals surface area contributed by atoms with E-state index in [-0.39, 0.29) is 30.8 Å². The summed E-state index contributed by atoms with van der Waals surface area (Å²) in [5.74, 6) is -0.463. The summed E-state index contributed by atoms with van der Waals surface area (Å²) in [5.41, 5.74) is 1.88. The van der Waals surface area contributed by atoms with Crippen molar-refractivity contribution in [3.63, 3.8) is 0 Å². The zero-order valence-electron chi connectivity index (χ0n) is 15.9. The standard InChI is InChI=1S/C21H21Cl3N2O3/c1-29-21(28)9-8-20(27)25-10-11-26(18-7-6-16(23)12-17(18)24)19(13-25)14-2-4-15(22)5-3-14/h2-7,12,19H,8-11,13H2,1H3. The van der Waals surface area contributed by atoms with Gasteiger partial charge in [-0.15, -0.1) is 0 Å². The normalized spacial score (nSPS) is 16.6. The number of methoxy groups -OCH3 is 1. The average Bonchev–Trinajstić information content (AvgIpc) is 2.72. The minimum atomic E-state index is -0.390. The summed E-state index contributed by atoms with van der Waals surface area (Å²) < 4.78 is 4.63. The zero-order valence-corrected chi connectivity index (χ0v) is 18.2. The first-order valence-electron chi connectivity index (χ1n) is 9.21. The highest BCUT2D eigenvalue weighted by Gasteiger charge is 2.32. The van der Waals surface area contributed by atoms with Crippen LogP contribution in [0.25, 0.3) is 0 Å². The van der Waals surface area contributed by atoms with E-state index >= 15 is 0 Å². The van der Waals surface area contributed by atoms with E-state index in [2.05, 4.69) is 9.64 Å². The molecule has 0 aromatic heterocycles. The molecule has 1 aliphatic rings. The fraction of sp³-hybridized carbons (Fsp3) is 0.333. The predicted molar refractivity (Wildman–Crippen MR) is 116 cm³/mol. The molecule has 0 radical (unpaired) electrons. The number of carbonyl (C=O) groups excluding carboxylic acids is 2. The number of amides is 1. The number of hydrogen-bond acceptors (Lipinski definition) is 4. The third kappa shape index (κ3) is 5.35. The Kier molecular flexibility index (Phi) is 7.28. The van der Waals surface area contributed by atoms with Gasteiger partial charge in [-0.05, 0) is 35.9 Å². The molecular weight excluding hydrogens is 435 g/mol. The minimum absolute atomic E-state index is 0.0729. The van der Waals surface area contributed by atoms with Gasteiger partial charge < -0.3 is 14.5 Å². The highest BCUT2D eigenvalue weighted by atomic mass is 35.5. The van der Waals surface area contributed by atoms with Gasteiger partial charge in [0.15, 0.2) is 0 Å². The number of benzene rings is 2. The van der Waals surface area contributed by atoms with E-state index in [1.54, 1.807) is 17.0 Å². The molecular formula is C21H21Cl3N2O3.